The largest absolute Gasteiger partial charge is 0.353 e. The Kier molecular flexibility index (Phi) is 5.70. The molecule has 0 aliphatic heterocycles. The van der Waals surface area contributed by atoms with Gasteiger partial charge in [0.2, 0.25) is 5.91 Å². The van der Waals surface area contributed by atoms with E-state index in [0.717, 1.165) is 24.0 Å². The Morgan fingerprint density at radius 2 is 2.12 bits per heavy atom. The molecule has 0 aliphatic carbocycles. The van der Waals surface area contributed by atoms with Crippen molar-refractivity contribution >= 4 is 5.91 Å². The fourth-order valence-electron chi connectivity index (χ4n) is 1.84. The normalized spacial score (nSPS) is 12.2. The smallest absolute Gasteiger partial charge is 0.224 e. The lowest BCUT2D eigenvalue weighted by Gasteiger charge is -2.16. The van der Waals surface area contributed by atoms with Gasteiger partial charge in [0.1, 0.15) is 0 Å². The van der Waals surface area contributed by atoms with Gasteiger partial charge < -0.3 is 11.1 Å². The maximum atomic E-state index is 11.9. The molecular weight excluding hydrogens is 212 g/mol. The van der Waals surface area contributed by atoms with Gasteiger partial charge in [-0.1, -0.05) is 31.2 Å². The van der Waals surface area contributed by atoms with Crippen LogP contribution in [0.2, 0.25) is 0 Å². The van der Waals surface area contributed by atoms with Gasteiger partial charge in [-0.2, -0.15) is 0 Å². The third kappa shape index (κ3) is 4.57. The number of nitrogens with one attached hydrogen (secondary N) is 1. The van der Waals surface area contributed by atoms with Crippen molar-refractivity contribution in [1.29, 1.82) is 0 Å². The van der Waals surface area contributed by atoms with E-state index in [9.17, 15) is 4.79 Å². The zero-order valence-corrected chi connectivity index (χ0v) is 10.7. The van der Waals surface area contributed by atoms with E-state index in [4.69, 9.17) is 5.73 Å². The van der Waals surface area contributed by atoms with Crippen LogP contribution in [0.4, 0.5) is 0 Å². The van der Waals surface area contributed by atoms with Gasteiger partial charge in [0.05, 0.1) is 6.42 Å². The molecule has 0 fully saturated rings. The predicted molar refractivity (Wildman–Crippen MR) is 70.8 cm³/mol. The second-order valence-corrected chi connectivity index (χ2v) is 4.35. The number of aryl methyl sites for hydroxylation is 1. The second kappa shape index (κ2) is 7.07. The van der Waals surface area contributed by atoms with E-state index in [-0.39, 0.29) is 11.9 Å². The van der Waals surface area contributed by atoms with E-state index in [1.54, 1.807) is 0 Å². The molecule has 3 heteroatoms. The minimum Gasteiger partial charge on any atom is -0.353 e. The average Bonchev–Trinajstić information content (AvgIpc) is 2.31. The van der Waals surface area contributed by atoms with Crippen LogP contribution < -0.4 is 11.1 Å². The first-order valence-corrected chi connectivity index (χ1v) is 6.21. The Bertz CT molecular complexity index is 363. The maximum absolute atomic E-state index is 11.9. The number of hydrogen-bond donors (Lipinski definition) is 2. The molecule has 0 bridgehead atoms. The second-order valence-electron chi connectivity index (χ2n) is 4.35. The van der Waals surface area contributed by atoms with Crippen molar-refractivity contribution in [2.45, 2.75) is 39.2 Å². The standard InChI is InChI=1S/C14H22N2O/c1-3-13(8-9-15)16-14(17)10-12-7-5-4-6-11(12)2/h4-7,13H,3,8-10,15H2,1-2H3,(H,16,17). The van der Waals surface area contributed by atoms with E-state index in [1.165, 1.54) is 0 Å². The summed E-state index contributed by atoms with van der Waals surface area (Å²) in [5, 5.41) is 3.02. The van der Waals surface area contributed by atoms with E-state index < -0.39 is 0 Å². The van der Waals surface area contributed by atoms with Gasteiger partial charge in [0, 0.05) is 6.04 Å². The quantitative estimate of drug-likeness (QED) is 0.788. The zero-order chi connectivity index (χ0) is 12.7. The highest BCUT2D eigenvalue weighted by Crippen LogP contribution is 2.08. The first kappa shape index (κ1) is 13.7. The number of amides is 1. The summed E-state index contributed by atoms with van der Waals surface area (Å²) in [5.74, 6) is 0.0830. The third-order valence-corrected chi connectivity index (χ3v) is 2.99. The summed E-state index contributed by atoms with van der Waals surface area (Å²) in [4.78, 5) is 11.9. The summed E-state index contributed by atoms with van der Waals surface area (Å²) in [6.07, 6.45) is 2.22. The monoisotopic (exact) mass is 234 g/mol. The molecule has 0 aliphatic rings. The summed E-state index contributed by atoms with van der Waals surface area (Å²) in [6.45, 7) is 4.71. The van der Waals surface area contributed by atoms with Crippen LogP contribution in [0, 0.1) is 6.92 Å². The molecule has 1 unspecified atom stereocenters. The molecule has 0 radical (unpaired) electrons. The van der Waals surface area contributed by atoms with Gasteiger partial charge >= 0.3 is 0 Å². The number of carbonyl (C=O) groups excluding carboxylic acids is 1. The molecule has 3 nitrogen and oxygen atoms in total. The van der Waals surface area contributed by atoms with Crippen LogP contribution in [0.25, 0.3) is 0 Å². The molecule has 3 N–H and O–H groups in total. The molecule has 1 rings (SSSR count). The summed E-state index contributed by atoms with van der Waals surface area (Å²) in [7, 11) is 0. The van der Waals surface area contributed by atoms with Crippen molar-refractivity contribution in [3.8, 4) is 0 Å². The zero-order valence-electron chi connectivity index (χ0n) is 10.7. The number of carbonyl (C=O) groups is 1. The molecule has 17 heavy (non-hydrogen) atoms. The highest BCUT2D eigenvalue weighted by atomic mass is 16.1. The van der Waals surface area contributed by atoms with Crippen molar-refractivity contribution in [2.24, 2.45) is 5.73 Å². The molecule has 0 aromatic heterocycles. The SMILES string of the molecule is CCC(CCN)NC(=O)Cc1ccccc1C. The van der Waals surface area contributed by atoms with E-state index in [1.807, 2.05) is 31.2 Å². The highest BCUT2D eigenvalue weighted by molar-refractivity contribution is 5.79. The molecule has 1 atom stereocenters. The summed E-state index contributed by atoms with van der Waals surface area (Å²) in [6, 6.07) is 8.18. The van der Waals surface area contributed by atoms with Crippen LogP contribution in [-0.4, -0.2) is 18.5 Å². The van der Waals surface area contributed by atoms with Crippen LogP contribution in [0.15, 0.2) is 24.3 Å². The summed E-state index contributed by atoms with van der Waals surface area (Å²) < 4.78 is 0. The fourth-order valence-corrected chi connectivity index (χ4v) is 1.84. The van der Waals surface area contributed by atoms with Crippen molar-refractivity contribution in [3.63, 3.8) is 0 Å². The molecule has 0 saturated heterocycles. The molecule has 1 amide bonds. The average molecular weight is 234 g/mol. The Balaban J connectivity index is 2.52. The van der Waals surface area contributed by atoms with Crippen LogP contribution in [0.5, 0.6) is 0 Å². The topological polar surface area (TPSA) is 55.1 Å². The molecular formula is C14H22N2O. The Hall–Kier alpha value is -1.35. The summed E-state index contributed by atoms with van der Waals surface area (Å²) in [5.41, 5.74) is 7.76. The van der Waals surface area contributed by atoms with Crippen molar-refractivity contribution in [2.75, 3.05) is 6.54 Å². The molecule has 1 aromatic rings. The Morgan fingerprint density at radius 3 is 2.71 bits per heavy atom. The highest BCUT2D eigenvalue weighted by Gasteiger charge is 2.10. The third-order valence-electron chi connectivity index (χ3n) is 2.99. The lowest BCUT2D eigenvalue weighted by atomic mass is 10.0. The van der Waals surface area contributed by atoms with Crippen molar-refractivity contribution in [1.82, 2.24) is 5.32 Å². The number of rotatable bonds is 6. The Labute approximate surface area is 103 Å². The molecule has 1 aromatic carbocycles. The lowest BCUT2D eigenvalue weighted by molar-refractivity contribution is -0.121. The van der Waals surface area contributed by atoms with E-state index in [2.05, 4.69) is 12.2 Å². The van der Waals surface area contributed by atoms with Crippen LogP contribution in [0.1, 0.15) is 30.9 Å². The number of hydrogen-bond acceptors (Lipinski definition) is 2. The van der Waals surface area contributed by atoms with Gasteiger partial charge in [0.15, 0.2) is 0 Å². The van der Waals surface area contributed by atoms with Gasteiger partial charge in [-0.25, -0.2) is 0 Å². The van der Waals surface area contributed by atoms with Gasteiger partial charge in [-0.15, -0.1) is 0 Å². The maximum Gasteiger partial charge on any atom is 0.224 e. The number of benzene rings is 1. The first-order valence-electron chi connectivity index (χ1n) is 6.21. The van der Waals surface area contributed by atoms with Gasteiger partial charge in [-0.3, -0.25) is 4.79 Å². The van der Waals surface area contributed by atoms with Gasteiger partial charge in [0.25, 0.3) is 0 Å². The van der Waals surface area contributed by atoms with Crippen molar-refractivity contribution in [3.05, 3.63) is 35.4 Å². The first-order chi connectivity index (χ1) is 8.17. The minimum atomic E-state index is 0.0830. The predicted octanol–water partition coefficient (Wildman–Crippen LogP) is 1.78. The Morgan fingerprint density at radius 1 is 1.41 bits per heavy atom. The van der Waals surface area contributed by atoms with E-state index in [0.29, 0.717) is 13.0 Å². The number of nitrogens with two attached hydrogens (primary N) is 1. The van der Waals surface area contributed by atoms with Crippen LogP contribution >= 0.6 is 0 Å². The molecule has 94 valence electrons. The van der Waals surface area contributed by atoms with Crippen molar-refractivity contribution < 1.29 is 4.79 Å². The fraction of sp³-hybridized carbons (Fsp3) is 0.500. The molecule has 0 saturated carbocycles. The van der Waals surface area contributed by atoms with Crippen LogP contribution in [0.3, 0.4) is 0 Å². The summed E-state index contributed by atoms with van der Waals surface area (Å²) >= 11 is 0. The van der Waals surface area contributed by atoms with Crippen LogP contribution in [-0.2, 0) is 11.2 Å². The van der Waals surface area contributed by atoms with Gasteiger partial charge in [-0.05, 0) is 37.4 Å². The lowest BCUT2D eigenvalue weighted by Crippen LogP contribution is -2.36. The minimum absolute atomic E-state index is 0.0830. The molecule has 0 spiro atoms. The van der Waals surface area contributed by atoms with E-state index >= 15 is 0 Å². The molecule has 0 heterocycles.